The fraction of sp³-hybridized carbons (Fsp3) is 0.400. The average Bonchev–Trinajstić information content (AvgIpc) is 2.01. The number of halogens is 1. The quantitative estimate of drug-likeness (QED) is 0.677. The Morgan fingerprint density at radius 3 is 2.25 bits per heavy atom. The average molecular weight is 165 g/mol. The molecule has 2 heteroatoms. The van der Waals surface area contributed by atoms with Crippen molar-refractivity contribution in [2.45, 2.75) is 24.8 Å². The van der Waals surface area contributed by atoms with Gasteiger partial charge in [0, 0.05) is 6.04 Å². The van der Waals surface area contributed by atoms with Crippen LogP contribution < -0.4 is 5.73 Å². The maximum Gasteiger partial charge on any atom is 0.123 e. The van der Waals surface area contributed by atoms with E-state index in [9.17, 15) is 4.39 Å². The van der Waals surface area contributed by atoms with Gasteiger partial charge in [0.1, 0.15) is 5.82 Å². The van der Waals surface area contributed by atoms with Gasteiger partial charge in [-0.3, -0.25) is 0 Å². The molecule has 2 N–H and O–H groups in total. The zero-order valence-electron chi connectivity index (χ0n) is 6.83. The zero-order valence-corrected chi connectivity index (χ0v) is 6.83. The zero-order chi connectivity index (χ0) is 8.55. The Balaban J connectivity index is 2.09. The highest BCUT2D eigenvalue weighted by Crippen LogP contribution is 2.35. The Labute approximate surface area is 71.4 Å². The molecule has 1 fully saturated rings. The SMILES string of the molecule is NC1CC(c2ccc(F)cc2)C1. The molecule has 0 atom stereocenters. The molecule has 0 spiro atoms. The molecule has 2 rings (SSSR count). The second-order valence-corrected chi connectivity index (χ2v) is 3.48. The molecule has 0 saturated heterocycles. The van der Waals surface area contributed by atoms with E-state index in [4.69, 9.17) is 5.73 Å². The lowest BCUT2D eigenvalue weighted by atomic mass is 9.76. The highest BCUT2D eigenvalue weighted by atomic mass is 19.1. The lowest BCUT2D eigenvalue weighted by Gasteiger charge is -2.32. The molecule has 12 heavy (non-hydrogen) atoms. The second kappa shape index (κ2) is 2.87. The second-order valence-electron chi connectivity index (χ2n) is 3.48. The maximum absolute atomic E-state index is 12.5. The molecular weight excluding hydrogens is 153 g/mol. The van der Waals surface area contributed by atoms with Gasteiger partial charge in [0.05, 0.1) is 0 Å². The van der Waals surface area contributed by atoms with Crippen molar-refractivity contribution in [3.05, 3.63) is 35.6 Å². The molecule has 1 aliphatic carbocycles. The predicted octanol–water partition coefficient (Wildman–Crippen LogP) is 2.03. The van der Waals surface area contributed by atoms with Crippen LogP contribution in [0.5, 0.6) is 0 Å². The van der Waals surface area contributed by atoms with E-state index in [2.05, 4.69) is 0 Å². The molecule has 1 saturated carbocycles. The number of hydrogen-bond donors (Lipinski definition) is 1. The van der Waals surface area contributed by atoms with Gasteiger partial charge >= 0.3 is 0 Å². The van der Waals surface area contributed by atoms with Crippen molar-refractivity contribution in [2.24, 2.45) is 5.73 Å². The summed E-state index contributed by atoms with van der Waals surface area (Å²) in [4.78, 5) is 0. The van der Waals surface area contributed by atoms with Crippen LogP contribution in [-0.2, 0) is 0 Å². The highest BCUT2D eigenvalue weighted by Gasteiger charge is 2.26. The molecule has 64 valence electrons. The molecule has 0 radical (unpaired) electrons. The Bertz CT molecular complexity index is 262. The summed E-state index contributed by atoms with van der Waals surface area (Å²) in [6.45, 7) is 0. The summed E-state index contributed by atoms with van der Waals surface area (Å²) in [5.74, 6) is 0.406. The van der Waals surface area contributed by atoms with Crippen molar-refractivity contribution in [2.75, 3.05) is 0 Å². The summed E-state index contributed by atoms with van der Waals surface area (Å²) in [5.41, 5.74) is 6.88. The van der Waals surface area contributed by atoms with Crippen molar-refractivity contribution >= 4 is 0 Å². The van der Waals surface area contributed by atoms with Crippen molar-refractivity contribution in [3.63, 3.8) is 0 Å². The van der Waals surface area contributed by atoms with Gasteiger partial charge in [0.25, 0.3) is 0 Å². The minimum Gasteiger partial charge on any atom is -0.328 e. The van der Waals surface area contributed by atoms with Crippen LogP contribution in [0.25, 0.3) is 0 Å². The molecular formula is C10H12FN. The fourth-order valence-electron chi connectivity index (χ4n) is 1.67. The third-order valence-electron chi connectivity index (χ3n) is 2.52. The Hall–Kier alpha value is -0.890. The Morgan fingerprint density at radius 2 is 1.75 bits per heavy atom. The van der Waals surface area contributed by atoms with E-state index < -0.39 is 0 Å². The van der Waals surface area contributed by atoms with Gasteiger partial charge in [-0.1, -0.05) is 12.1 Å². The summed E-state index contributed by atoms with van der Waals surface area (Å²) < 4.78 is 12.5. The van der Waals surface area contributed by atoms with Crippen LogP contribution in [0.4, 0.5) is 4.39 Å². The number of nitrogens with two attached hydrogens (primary N) is 1. The lowest BCUT2D eigenvalue weighted by Crippen LogP contribution is -2.34. The third-order valence-corrected chi connectivity index (χ3v) is 2.52. The Morgan fingerprint density at radius 1 is 1.17 bits per heavy atom. The van der Waals surface area contributed by atoms with Crippen LogP contribution in [0.15, 0.2) is 24.3 Å². The number of rotatable bonds is 1. The van der Waals surface area contributed by atoms with Gasteiger partial charge in [-0.05, 0) is 36.5 Å². The predicted molar refractivity (Wildman–Crippen MR) is 46.4 cm³/mol. The molecule has 1 aromatic rings. The molecule has 1 aromatic carbocycles. The number of benzene rings is 1. The first-order valence-corrected chi connectivity index (χ1v) is 4.27. The van der Waals surface area contributed by atoms with E-state index in [0.29, 0.717) is 12.0 Å². The number of hydrogen-bond acceptors (Lipinski definition) is 1. The fourth-order valence-corrected chi connectivity index (χ4v) is 1.67. The highest BCUT2D eigenvalue weighted by molar-refractivity contribution is 5.23. The molecule has 0 bridgehead atoms. The first-order valence-electron chi connectivity index (χ1n) is 4.27. The largest absolute Gasteiger partial charge is 0.328 e. The van der Waals surface area contributed by atoms with Crippen molar-refractivity contribution in [3.8, 4) is 0 Å². The topological polar surface area (TPSA) is 26.0 Å². The van der Waals surface area contributed by atoms with Crippen LogP contribution in [-0.4, -0.2) is 6.04 Å². The first-order chi connectivity index (χ1) is 5.75. The van der Waals surface area contributed by atoms with Gasteiger partial charge in [-0.2, -0.15) is 0 Å². The smallest absolute Gasteiger partial charge is 0.123 e. The molecule has 0 amide bonds. The van der Waals surface area contributed by atoms with Crippen LogP contribution in [0.3, 0.4) is 0 Å². The molecule has 0 heterocycles. The van der Waals surface area contributed by atoms with E-state index in [0.717, 1.165) is 12.8 Å². The van der Waals surface area contributed by atoms with Crippen LogP contribution in [0.1, 0.15) is 24.3 Å². The van der Waals surface area contributed by atoms with Crippen molar-refractivity contribution in [1.29, 1.82) is 0 Å². The monoisotopic (exact) mass is 165 g/mol. The van der Waals surface area contributed by atoms with Gasteiger partial charge in [-0.15, -0.1) is 0 Å². The first kappa shape index (κ1) is 7.74. The molecule has 0 unspecified atom stereocenters. The van der Waals surface area contributed by atoms with E-state index >= 15 is 0 Å². The Kier molecular flexibility index (Phi) is 1.85. The van der Waals surface area contributed by atoms with Gasteiger partial charge in [0.2, 0.25) is 0 Å². The maximum atomic E-state index is 12.5. The van der Waals surface area contributed by atoms with Gasteiger partial charge in [0.15, 0.2) is 0 Å². The minimum atomic E-state index is -0.164. The van der Waals surface area contributed by atoms with Crippen LogP contribution >= 0.6 is 0 Å². The van der Waals surface area contributed by atoms with Crippen molar-refractivity contribution in [1.82, 2.24) is 0 Å². The third kappa shape index (κ3) is 1.34. The van der Waals surface area contributed by atoms with Gasteiger partial charge < -0.3 is 5.73 Å². The van der Waals surface area contributed by atoms with E-state index in [1.807, 2.05) is 12.1 Å². The van der Waals surface area contributed by atoms with Crippen LogP contribution in [0, 0.1) is 5.82 Å². The minimum absolute atomic E-state index is 0.164. The van der Waals surface area contributed by atoms with Crippen LogP contribution in [0.2, 0.25) is 0 Å². The van der Waals surface area contributed by atoms with Gasteiger partial charge in [-0.25, -0.2) is 4.39 Å². The lowest BCUT2D eigenvalue weighted by molar-refractivity contribution is 0.351. The summed E-state index contributed by atoms with van der Waals surface area (Å²) in [7, 11) is 0. The van der Waals surface area contributed by atoms with E-state index in [1.54, 1.807) is 0 Å². The standard InChI is InChI=1S/C10H12FN/c11-9-3-1-7(2-4-9)8-5-10(12)6-8/h1-4,8,10H,5-6,12H2. The summed E-state index contributed by atoms with van der Waals surface area (Å²) in [5, 5.41) is 0. The normalized spacial score (nSPS) is 28.2. The molecule has 1 aliphatic rings. The van der Waals surface area contributed by atoms with E-state index in [-0.39, 0.29) is 5.82 Å². The molecule has 0 aromatic heterocycles. The van der Waals surface area contributed by atoms with Crippen molar-refractivity contribution < 1.29 is 4.39 Å². The molecule has 1 nitrogen and oxygen atoms in total. The molecule has 0 aliphatic heterocycles. The summed E-state index contributed by atoms with van der Waals surface area (Å²) >= 11 is 0. The van der Waals surface area contributed by atoms with E-state index in [1.165, 1.54) is 17.7 Å². The summed E-state index contributed by atoms with van der Waals surface area (Å²) in [6.07, 6.45) is 2.09. The summed E-state index contributed by atoms with van der Waals surface area (Å²) in [6, 6.07) is 7.09.